The Hall–Kier alpha value is -1.36. The van der Waals surface area contributed by atoms with Crippen LogP contribution in [0.2, 0.25) is 0 Å². The van der Waals surface area contributed by atoms with E-state index >= 15 is 0 Å². The number of hydrogen-bond acceptors (Lipinski definition) is 3. The van der Waals surface area contributed by atoms with E-state index in [9.17, 15) is 4.79 Å². The summed E-state index contributed by atoms with van der Waals surface area (Å²) in [6, 6.07) is 3.25. The Morgan fingerprint density at radius 1 is 1.13 bits per heavy atom. The highest BCUT2D eigenvalue weighted by molar-refractivity contribution is 5.92. The molecule has 1 aliphatic carbocycles. The number of aryl methyl sites for hydroxylation is 2. The molecule has 0 bridgehead atoms. The first-order chi connectivity index (χ1) is 11.3. The summed E-state index contributed by atoms with van der Waals surface area (Å²) >= 11 is 0. The molecule has 1 aromatic heterocycles. The Kier molecular flexibility index (Phi) is 4.38. The summed E-state index contributed by atoms with van der Waals surface area (Å²) < 4.78 is 1.98. The fourth-order valence-corrected chi connectivity index (χ4v) is 4.64. The van der Waals surface area contributed by atoms with Crippen molar-refractivity contribution in [1.82, 2.24) is 20.0 Å². The van der Waals surface area contributed by atoms with E-state index in [1.54, 1.807) is 0 Å². The van der Waals surface area contributed by atoms with Crippen LogP contribution in [0.15, 0.2) is 6.07 Å². The molecule has 1 aromatic rings. The van der Waals surface area contributed by atoms with Gasteiger partial charge >= 0.3 is 0 Å². The third kappa shape index (κ3) is 3.16. The topological polar surface area (TPSA) is 50.2 Å². The molecule has 0 aromatic carbocycles. The molecule has 23 heavy (non-hydrogen) atoms. The van der Waals surface area contributed by atoms with Crippen molar-refractivity contribution >= 4 is 5.91 Å². The summed E-state index contributed by atoms with van der Waals surface area (Å²) in [7, 11) is 0. The minimum atomic E-state index is 0.00222. The van der Waals surface area contributed by atoms with Gasteiger partial charge in [0.15, 0.2) is 0 Å². The second-order valence-electron chi connectivity index (χ2n) is 7.38. The SMILES string of the molecule is O=C(NCC1CCCN1C1CCCCC1)c1cc2n(n1)CCC2. The van der Waals surface area contributed by atoms with Crippen LogP contribution in [0.5, 0.6) is 0 Å². The van der Waals surface area contributed by atoms with Gasteiger partial charge in [-0.3, -0.25) is 14.4 Å². The Balaban J connectivity index is 1.33. The van der Waals surface area contributed by atoms with E-state index in [-0.39, 0.29) is 5.91 Å². The average molecular weight is 316 g/mol. The zero-order valence-electron chi connectivity index (χ0n) is 14.0. The highest BCUT2D eigenvalue weighted by atomic mass is 16.1. The van der Waals surface area contributed by atoms with Gasteiger partial charge in [0.05, 0.1) is 0 Å². The standard InChI is InChI=1S/C18H28N4O/c23-18(17-12-15-8-5-11-22(15)20-17)19-13-16-9-4-10-21(16)14-6-2-1-3-7-14/h12,14,16H,1-11,13H2,(H,19,23). The summed E-state index contributed by atoms with van der Waals surface area (Å²) in [5.41, 5.74) is 1.81. The number of rotatable bonds is 4. The van der Waals surface area contributed by atoms with E-state index in [4.69, 9.17) is 0 Å². The molecular formula is C18H28N4O. The van der Waals surface area contributed by atoms with Crippen molar-refractivity contribution in [2.75, 3.05) is 13.1 Å². The molecule has 3 heterocycles. The number of hydrogen-bond donors (Lipinski definition) is 1. The van der Waals surface area contributed by atoms with Gasteiger partial charge in [-0.1, -0.05) is 19.3 Å². The molecule has 0 radical (unpaired) electrons. The minimum absolute atomic E-state index is 0.00222. The van der Waals surface area contributed by atoms with E-state index in [0.717, 1.165) is 32.0 Å². The quantitative estimate of drug-likeness (QED) is 0.928. The summed E-state index contributed by atoms with van der Waals surface area (Å²) in [6.45, 7) is 2.95. The number of amides is 1. The van der Waals surface area contributed by atoms with Gasteiger partial charge in [0.25, 0.3) is 5.91 Å². The van der Waals surface area contributed by atoms with Gasteiger partial charge in [0.2, 0.25) is 0 Å². The molecule has 126 valence electrons. The number of nitrogens with zero attached hydrogens (tertiary/aromatic N) is 3. The van der Waals surface area contributed by atoms with E-state index in [1.807, 2.05) is 10.7 Å². The van der Waals surface area contributed by atoms with Crippen LogP contribution in [0.3, 0.4) is 0 Å². The van der Waals surface area contributed by atoms with Crippen LogP contribution in [0.1, 0.15) is 67.5 Å². The number of carbonyl (C=O) groups excluding carboxylic acids is 1. The summed E-state index contributed by atoms with van der Waals surface area (Å²) in [4.78, 5) is 15.1. The van der Waals surface area contributed by atoms with E-state index < -0.39 is 0 Å². The second-order valence-corrected chi connectivity index (χ2v) is 7.38. The second kappa shape index (κ2) is 6.63. The maximum Gasteiger partial charge on any atom is 0.271 e. The zero-order chi connectivity index (χ0) is 15.6. The lowest BCUT2D eigenvalue weighted by Gasteiger charge is -2.35. The third-order valence-corrected chi connectivity index (χ3v) is 5.86. The van der Waals surface area contributed by atoms with Crippen molar-refractivity contribution in [3.05, 3.63) is 17.5 Å². The van der Waals surface area contributed by atoms with Gasteiger partial charge < -0.3 is 5.32 Å². The molecule has 1 saturated carbocycles. The van der Waals surface area contributed by atoms with Gasteiger partial charge in [0.1, 0.15) is 5.69 Å². The Morgan fingerprint density at radius 3 is 2.83 bits per heavy atom. The lowest BCUT2D eigenvalue weighted by molar-refractivity contribution is 0.0915. The van der Waals surface area contributed by atoms with Gasteiger partial charge in [-0.05, 0) is 51.1 Å². The minimum Gasteiger partial charge on any atom is -0.349 e. The van der Waals surface area contributed by atoms with Crippen molar-refractivity contribution in [3.8, 4) is 0 Å². The lowest BCUT2D eigenvalue weighted by Crippen LogP contribution is -2.45. The van der Waals surface area contributed by atoms with E-state index in [1.165, 1.54) is 57.2 Å². The number of nitrogens with one attached hydrogen (secondary N) is 1. The Bertz CT molecular complexity index is 540. The van der Waals surface area contributed by atoms with Crippen molar-refractivity contribution in [2.45, 2.75) is 76.4 Å². The normalized spacial score (nSPS) is 25.7. The Morgan fingerprint density at radius 2 is 2.00 bits per heavy atom. The fourth-order valence-electron chi connectivity index (χ4n) is 4.64. The van der Waals surface area contributed by atoms with Gasteiger partial charge in [-0.25, -0.2) is 0 Å². The molecule has 3 aliphatic rings. The van der Waals surface area contributed by atoms with Gasteiger partial charge in [-0.2, -0.15) is 5.10 Å². The molecule has 1 N–H and O–H groups in total. The lowest BCUT2D eigenvalue weighted by atomic mass is 9.94. The van der Waals surface area contributed by atoms with Crippen LogP contribution >= 0.6 is 0 Å². The smallest absolute Gasteiger partial charge is 0.271 e. The van der Waals surface area contributed by atoms with Crippen molar-refractivity contribution in [1.29, 1.82) is 0 Å². The first-order valence-electron chi connectivity index (χ1n) is 9.42. The number of carbonyl (C=O) groups is 1. The summed E-state index contributed by atoms with van der Waals surface area (Å²) in [6.07, 6.45) is 11.5. The molecule has 5 nitrogen and oxygen atoms in total. The molecule has 1 saturated heterocycles. The Labute approximate surface area is 138 Å². The van der Waals surface area contributed by atoms with Crippen LogP contribution < -0.4 is 5.32 Å². The van der Waals surface area contributed by atoms with Gasteiger partial charge in [0, 0.05) is 30.9 Å². The van der Waals surface area contributed by atoms with Gasteiger partial charge in [-0.15, -0.1) is 0 Å². The maximum absolute atomic E-state index is 12.4. The van der Waals surface area contributed by atoms with Crippen LogP contribution in [0, 0.1) is 0 Å². The van der Waals surface area contributed by atoms with E-state index in [0.29, 0.717) is 11.7 Å². The molecule has 1 atom stereocenters. The molecule has 1 unspecified atom stereocenters. The highest BCUT2D eigenvalue weighted by Crippen LogP contribution is 2.28. The fraction of sp³-hybridized carbons (Fsp3) is 0.778. The number of likely N-dealkylation sites (tertiary alicyclic amines) is 1. The third-order valence-electron chi connectivity index (χ3n) is 5.86. The highest BCUT2D eigenvalue weighted by Gasteiger charge is 2.31. The predicted molar refractivity (Wildman–Crippen MR) is 89.5 cm³/mol. The van der Waals surface area contributed by atoms with Crippen LogP contribution in [0.4, 0.5) is 0 Å². The average Bonchev–Trinajstić information content (AvgIpc) is 3.28. The van der Waals surface area contributed by atoms with Crippen LogP contribution in [-0.2, 0) is 13.0 Å². The van der Waals surface area contributed by atoms with E-state index in [2.05, 4.69) is 15.3 Å². The number of aromatic nitrogens is 2. The summed E-state index contributed by atoms with van der Waals surface area (Å²) in [5.74, 6) is 0.00222. The molecule has 2 aliphatic heterocycles. The van der Waals surface area contributed by atoms with Crippen molar-refractivity contribution < 1.29 is 4.79 Å². The summed E-state index contributed by atoms with van der Waals surface area (Å²) in [5, 5.41) is 7.58. The molecule has 4 rings (SSSR count). The zero-order valence-corrected chi connectivity index (χ0v) is 14.0. The van der Waals surface area contributed by atoms with Crippen LogP contribution in [-0.4, -0.2) is 45.8 Å². The first kappa shape index (κ1) is 15.2. The van der Waals surface area contributed by atoms with Crippen molar-refractivity contribution in [2.24, 2.45) is 0 Å². The predicted octanol–water partition coefficient (Wildman–Crippen LogP) is 2.36. The molecular weight excluding hydrogens is 288 g/mol. The number of fused-ring (bicyclic) bond motifs is 1. The molecule has 5 heteroatoms. The first-order valence-corrected chi connectivity index (χ1v) is 9.42. The molecule has 1 amide bonds. The largest absolute Gasteiger partial charge is 0.349 e. The molecule has 2 fully saturated rings. The maximum atomic E-state index is 12.4. The van der Waals surface area contributed by atoms with Crippen molar-refractivity contribution in [3.63, 3.8) is 0 Å². The van der Waals surface area contributed by atoms with Crippen LogP contribution in [0.25, 0.3) is 0 Å². The monoisotopic (exact) mass is 316 g/mol. The molecule has 0 spiro atoms.